The zero-order chi connectivity index (χ0) is 16.4. The van der Waals surface area contributed by atoms with Crippen LogP contribution in [0.5, 0.6) is 0 Å². The zero-order valence-electron chi connectivity index (χ0n) is 13.3. The van der Waals surface area contributed by atoms with E-state index >= 15 is 0 Å². The number of rotatable bonds is 2. The van der Waals surface area contributed by atoms with Crippen LogP contribution in [0.1, 0.15) is 28.5 Å². The fourth-order valence-electron chi connectivity index (χ4n) is 3.25. The molecule has 1 aliphatic rings. The molecule has 0 aliphatic carbocycles. The van der Waals surface area contributed by atoms with Gasteiger partial charge in [0.2, 0.25) is 0 Å². The molecule has 4 nitrogen and oxygen atoms in total. The fourth-order valence-corrected chi connectivity index (χ4v) is 3.25. The average molecular weight is 318 g/mol. The minimum atomic E-state index is -0.0830. The maximum atomic E-state index is 13.2. The van der Waals surface area contributed by atoms with Gasteiger partial charge >= 0.3 is 0 Å². The normalized spacial score (nSPS) is 17.8. The van der Waals surface area contributed by atoms with Crippen molar-refractivity contribution in [1.29, 1.82) is 0 Å². The quantitative estimate of drug-likeness (QED) is 0.722. The van der Waals surface area contributed by atoms with Crippen molar-refractivity contribution in [3.63, 3.8) is 0 Å². The lowest BCUT2D eigenvalue weighted by molar-refractivity contribution is -0.0341. The van der Waals surface area contributed by atoms with E-state index in [4.69, 9.17) is 4.74 Å². The maximum absolute atomic E-state index is 13.2. The number of aromatic nitrogens is 1. The van der Waals surface area contributed by atoms with Crippen molar-refractivity contribution in [2.75, 3.05) is 13.3 Å². The van der Waals surface area contributed by atoms with Crippen molar-refractivity contribution in [1.82, 2.24) is 9.88 Å². The number of benzene rings is 2. The van der Waals surface area contributed by atoms with E-state index in [9.17, 15) is 4.79 Å². The second-order valence-corrected chi connectivity index (χ2v) is 5.91. The molecule has 1 saturated heterocycles. The number of fused-ring (bicyclic) bond motifs is 1. The first-order valence-electron chi connectivity index (χ1n) is 8.12. The third-order valence-electron chi connectivity index (χ3n) is 4.46. The molecule has 0 bridgehead atoms. The maximum Gasteiger partial charge on any atom is 0.275 e. The van der Waals surface area contributed by atoms with E-state index in [2.05, 4.69) is 17.1 Å². The minimum absolute atomic E-state index is 0.0215. The number of ether oxygens (including phenoxy) is 1. The number of pyridine rings is 1. The van der Waals surface area contributed by atoms with Gasteiger partial charge in [0, 0.05) is 11.6 Å². The molecular formula is C20H18N2O2. The number of amides is 1. The van der Waals surface area contributed by atoms with Crippen LogP contribution < -0.4 is 0 Å². The zero-order valence-corrected chi connectivity index (χ0v) is 13.3. The molecule has 1 aliphatic heterocycles. The third kappa shape index (κ3) is 2.65. The molecule has 3 aromatic rings. The third-order valence-corrected chi connectivity index (χ3v) is 4.46. The van der Waals surface area contributed by atoms with Crippen LogP contribution in [0.4, 0.5) is 0 Å². The topological polar surface area (TPSA) is 42.4 Å². The number of hydrogen-bond donors (Lipinski definition) is 0. The molecule has 0 saturated carbocycles. The number of carbonyl (C=O) groups is 1. The summed E-state index contributed by atoms with van der Waals surface area (Å²) in [6, 6.07) is 19.9. The van der Waals surface area contributed by atoms with E-state index in [1.165, 1.54) is 0 Å². The summed E-state index contributed by atoms with van der Waals surface area (Å²) in [4.78, 5) is 19.3. The van der Waals surface area contributed by atoms with E-state index in [0.29, 0.717) is 19.0 Å². The largest absolute Gasteiger partial charge is 0.361 e. The lowest BCUT2D eigenvalue weighted by Crippen LogP contribution is -2.41. The summed E-state index contributed by atoms with van der Waals surface area (Å²) in [5, 5.41) is 1.90. The Labute approximate surface area is 140 Å². The smallest absolute Gasteiger partial charge is 0.275 e. The summed E-state index contributed by atoms with van der Waals surface area (Å²) in [6.07, 6.45) is 2.48. The van der Waals surface area contributed by atoms with Crippen molar-refractivity contribution < 1.29 is 9.53 Å². The lowest BCUT2D eigenvalue weighted by Gasteiger charge is -2.35. The molecule has 2 heterocycles. The van der Waals surface area contributed by atoms with Crippen molar-refractivity contribution in [2.24, 2.45) is 0 Å². The molecule has 1 fully saturated rings. The Morgan fingerprint density at radius 2 is 1.83 bits per heavy atom. The van der Waals surface area contributed by atoms with Crippen molar-refractivity contribution in [3.05, 3.63) is 78.1 Å². The molecule has 0 N–H and O–H groups in total. The van der Waals surface area contributed by atoms with Crippen LogP contribution >= 0.6 is 0 Å². The average Bonchev–Trinajstić information content (AvgIpc) is 2.68. The molecule has 0 radical (unpaired) electrons. The molecule has 1 aromatic heterocycles. The molecule has 1 unspecified atom stereocenters. The van der Waals surface area contributed by atoms with E-state index in [0.717, 1.165) is 22.8 Å². The minimum Gasteiger partial charge on any atom is -0.361 e. The van der Waals surface area contributed by atoms with E-state index in [-0.39, 0.29) is 11.9 Å². The molecule has 1 amide bonds. The van der Waals surface area contributed by atoms with E-state index < -0.39 is 0 Å². The molecule has 4 rings (SSSR count). The Bertz CT molecular complexity index is 858. The predicted molar refractivity (Wildman–Crippen MR) is 92.5 cm³/mol. The Morgan fingerprint density at radius 3 is 2.71 bits per heavy atom. The van der Waals surface area contributed by atoms with Crippen LogP contribution in [0.2, 0.25) is 0 Å². The number of carbonyl (C=O) groups excluding carboxylic acids is 1. The highest BCUT2D eigenvalue weighted by Gasteiger charge is 2.30. The standard InChI is InChI=1S/C20H18N2O2/c23-20(19-17-9-5-4-6-15(17)10-12-21-19)22-14-24-13-11-18(22)16-7-2-1-3-8-16/h1-10,12,18H,11,13-14H2. The second-order valence-electron chi connectivity index (χ2n) is 5.91. The first kappa shape index (κ1) is 14.8. The van der Waals surface area contributed by atoms with Gasteiger partial charge in [-0.25, -0.2) is 0 Å². The first-order valence-corrected chi connectivity index (χ1v) is 8.12. The van der Waals surface area contributed by atoms with Gasteiger partial charge in [-0.3, -0.25) is 9.78 Å². The summed E-state index contributed by atoms with van der Waals surface area (Å²) in [7, 11) is 0. The van der Waals surface area contributed by atoms with Gasteiger partial charge in [0.25, 0.3) is 5.91 Å². The SMILES string of the molecule is O=C(c1nccc2ccccc12)N1COCCC1c1ccccc1. The fraction of sp³-hybridized carbons (Fsp3) is 0.200. The van der Waals surface area contributed by atoms with Crippen molar-refractivity contribution >= 4 is 16.7 Å². The molecule has 4 heteroatoms. The van der Waals surface area contributed by atoms with Gasteiger partial charge in [0.15, 0.2) is 0 Å². The number of nitrogens with zero attached hydrogens (tertiary/aromatic N) is 2. The molecular weight excluding hydrogens is 300 g/mol. The van der Waals surface area contributed by atoms with E-state index in [1.54, 1.807) is 11.1 Å². The van der Waals surface area contributed by atoms with Crippen LogP contribution in [-0.4, -0.2) is 29.1 Å². The Morgan fingerprint density at radius 1 is 1.04 bits per heavy atom. The lowest BCUT2D eigenvalue weighted by atomic mass is 10.0. The van der Waals surface area contributed by atoms with Gasteiger partial charge in [-0.05, 0) is 23.4 Å². The molecule has 24 heavy (non-hydrogen) atoms. The predicted octanol–water partition coefficient (Wildman–Crippen LogP) is 3.80. The van der Waals surface area contributed by atoms with Crippen LogP contribution in [0.25, 0.3) is 10.8 Å². The Balaban J connectivity index is 1.74. The van der Waals surface area contributed by atoms with Crippen molar-refractivity contribution in [3.8, 4) is 0 Å². The van der Waals surface area contributed by atoms with E-state index in [1.807, 2.05) is 48.5 Å². The Kier molecular flexibility index (Phi) is 3.97. The van der Waals surface area contributed by atoms with Gasteiger partial charge in [0.1, 0.15) is 12.4 Å². The van der Waals surface area contributed by atoms with Crippen LogP contribution in [0.15, 0.2) is 66.9 Å². The van der Waals surface area contributed by atoms with Gasteiger partial charge < -0.3 is 9.64 Å². The first-order chi connectivity index (χ1) is 11.8. The summed E-state index contributed by atoms with van der Waals surface area (Å²) in [5.41, 5.74) is 1.62. The summed E-state index contributed by atoms with van der Waals surface area (Å²) in [5.74, 6) is -0.0830. The Hall–Kier alpha value is -2.72. The summed E-state index contributed by atoms with van der Waals surface area (Å²) >= 11 is 0. The van der Waals surface area contributed by atoms with Gasteiger partial charge in [-0.15, -0.1) is 0 Å². The highest BCUT2D eigenvalue weighted by atomic mass is 16.5. The van der Waals surface area contributed by atoms with Gasteiger partial charge in [-0.1, -0.05) is 54.6 Å². The van der Waals surface area contributed by atoms with Gasteiger partial charge in [-0.2, -0.15) is 0 Å². The van der Waals surface area contributed by atoms with Gasteiger partial charge in [0.05, 0.1) is 12.6 Å². The second kappa shape index (κ2) is 6.42. The van der Waals surface area contributed by atoms with Crippen LogP contribution in [-0.2, 0) is 4.74 Å². The van der Waals surface area contributed by atoms with Crippen molar-refractivity contribution in [2.45, 2.75) is 12.5 Å². The molecule has 0 spiro atoms. The molecule has 2 aromatic carbocycles. The monoisotopic (exact) mass is 318 g/mol. The highest BCUT2D eigenvalue weighted by Crippen LogP contribution is 2.30. The highest BCUT2D eigenvalue weighted by molar-refractivity contribution is 6.05. The van der Waals surface area contributed by atoms with Crippen LogP contribution in [0.3, 0.4) is 0 Å². The number of hydrogen-bond acceptors (Lipinski definition) is 3. The summed E-state index contributed by atoms with van der Waals surface area (Å²) < 4.78 is 5.57. The summed E-state index contributed by atoms with van der Waals surface area (Å²) in [6.45, 7) is 0.954. The molecule has 120 valence electrons. The molecule has 1 atom stereocenters. The van der Waals surface area contributed by atoms with Crippen LogP contribution in [0, 0.1) is 0 Å².